The number of carbonyl (C=O) groups is 4. The Balaban J connectivity index is 0.00000838. The monoisotopic (exact) mass is 1330 g/mol. The molecule has 2 amide bonds. The fourth-order valence-electron chi connectivity index (χ4n) is 10.2. The second-order valence-electron chi connectivity index (χ2n) is 19.9. The van der Waals surface area contributed by atoms with E-state index in [0.29, 0.717) is 26.7 Å². The summed E-state index contributed by atoms with van der Waals surface area (Å²) in [4.78, 5) is 71.1. The molecule has 2 atom stereocenters. The van der Waals surface area contributed by atoms with Crippen LogP contribution in [0.4, 0.5) is 18.3 Å². The molecule has 0 bridgehead atoms. The van der Waals surface area contributed by atoms with Crippen molar-refractivity contribution in [1.29, 1.82) is 0 Å². The minimum absolute atomic E-state index is 0. The molecule has 0 saturated carbocycles. The topological polar surface area (TPSA) is 152 Å². The van der Waals surface area contributed by atoms with Gasteiger partial charge in [-0.2, -0.15) is 17.7 Å². The average molecular weight is 1340 g/mol. The van der Waals surface area contributed by atoms with E-state index in [9.17, 15) is 27.6 Å². The molecule has 1 saturated heterocycles. The second kappa shape index (κ2) is 28.3. The minimum atomic E-state index is -4.41. The number of thioether (sulfide) groups is 2. The quantitative estimate of drug-likeness (QED) is 0.00977. The number of thiazole rings is 1. The Morgan fingerprint density at radius 3 is 1.60 bits per heavy atom. The number of nitrogens with one attached hydrogen (secondary N) is 2. The molecule has 0 aliphatic carbocycles. The highest BCUT2D eigenvalue weighted by atomic mass is 127. The first-order valence-corrected chi connectivity index (χ1v) is 30.2. The molecule has 2 aliphatic heterocycles. The number of oxime groups is 1. The fraction of sp³-hybridized carbons (Fsp3) is 0.149. The van der Waals surface area contributed by atoms with Crippen molar-refractivity contribution >= 4 is 69.5 Å². The summed E-state index contributed by atoms with van der Waals surface area (Å²) in [5, 5.41) is 12.1. The van der Waals surface area contributed by atoms with Crippen LogP contribution < -0.4 is 39.2 Å². The van der Waals surface area contributed by atoms with Crippen molar-refractivity contribution in [3.8, 4) is 0 Å². The highest BCUT2D eigenvalue weighted by Crippen LogP contribution is 2.44. The Labute approximate surface area is 529 Å². The van der Waals surface area contributed by atoms with Crippen LogP contribution in [0.2, 0.25) is 0 Å². The summed E-state index contributed by atoms with van der Waals surface area (Å²) < 4.78 is 53.1. The number of benzene rings is 7. The highest BCUT2D eigenvalue weighted by Gasteiger charge is 2.55. The average Bonchev–Trinajstić information content (AvgIpc) is 1.22. The van der Waals surface area contributed by atoms with Gasteiger partial charge in [0.1, 0.15) is 28.3 Å². The third kappa shape index (κ3) is 14.5. The standard InChI is InChI=1S/C67H53F3N6O7S3.HI/c68-66(69,70)44-75-38-36-53(37-39-75)84-41-49-42-85-63-57(62(79)76(63)58(49)64(80)83-60(47-26-12-3-13-27-47)48-28-14-4-15-29-48)72-61(78)56(74-81-40-55(77)82-59(45-22-8-1-9-23-45)46-24-10-2-11-25-46)54-43-86-65(71-54)73-67(50-30-16-5-17-31-50,51-32-18-6-19-33-51)52-34-20-7-21-35-52;/h1-39,43,57,59-60,63H,40-42,44H2,(H-,71,72,73,78);1H/b74-56-;/t57-,63-;/m1./s1. The molecule has 2 N–H and O–H groups in total. The number of alkyl halides is 3. The van der Waals surface area contributed by atoms with Crippen molar-refractivity contribution in [2.24, 2.45) is 5.16 Å². The van der Waals surface area contributed by atoms with Crippen LogP contribution in [0.15, 0.2) is 264 Å². The van der Waals surface area contributed by atoms with E-state index in [2.05, 4.69) is 15.8 Å². The number of amides is 2. The lowest BCUT2D eigenvalue weighted by Gasteiger charge is -2.49. The smallest absolute Gasteiger partial charge is 0.448 e. The summed E-state index contributed by atoms with van der Waals surface area (Å²) in [7, 11) is 0. The van der Waals surface area contributed by atoms with Gasteiger partial charge in [-0.25, -0.2) is 14.6 Å². The zero-order valence-electron chi connectivity index (χ0n) is 46.1. The van der Waals surface area contributed by atoms with Crippen molar-refractivity contribution in [2.75, 3.05) is 23.4 Å². The van der Waals surface area contributed by atoms with Crippen LogP contribution in [0, 0.1) is 0 Å². The van der Waals surface area contributed by atoms with Gasteiger partial charge in [-0.15, -0.1) is 34.9 Å². The van der Waals surface area contributed by atoms with Gasteiger partial charge in [0, 0.05) is 33.9 Å². The van der Waals surface area contributed by atoms with Crippen LogP contribution in [0.5, 0.6) is 0 Å². The van der Waals surface area contributed by atoms with Crippen molar-refractivity contribution in [1.82, 2.24) is 15.2 Å². The van der Waals surface area contributed by atoms with Crippen LogP contribution in [0.1, 0.15) is 56.8 Å². The molecular formula is C67H54F3IN6O7S3. The number of aromatic nitrogens is 2. The Kier molecular flexibility index (Phi) is 20.0. The number of rotatable bonds is 22. The van der Waals surface area contributed by atoms with Gasteiger partial charge in [0.25, 0.3) is 11.8 Å². The number of β-lactam (4-membered cyclic amide) rings is 1. The number of nitrogens with zero attached hydrogens (tertiary/aromatic N) is 4. The molecule has 2 aliphatic rings. The second-order valence-corrected chi connectivity index (χ2v) is 23.0. The van der Waals surface area contributed by atoms with Gasteiger partial charge in [-0.3, -0.25) is 14.5 Å². The summed E-state index contributed by atoms with van der Waals surface area (Å²) in [6.07, 6.45) is -3.41. The Morgan fingerprint density at radius 2 is 1.13 bits per heavy atom. The normalized spacial score (nSPS) is 15.0. The van der Waals surface area contributed by atoms with Gasteiger partial charge in [-0.05, 0) is 44.5 Å². The zero-order chi connectivity index (χ0) is 59.5. The molecule has 440 valence electrons. The van der Waals surface area contributed by atoms with Crippen molar-refractivity contribution in [3.63, 3.8) is 0 Å². The van der Waals surface area contributed by atoms with Crippen LogP contribution in [0.25, 0.3) is 0 Å². The number of anilines is 1. The van der Waals surface area contributed by atoms with Crippen LogP contribution in [0.3, 0.4) is 0 Å². The van der Waals surface area contributed by atoms with E-state index in [0.717, 1.165) is 32.4 Å². The molecule has 2 aromatic heterocycles. The van der Waals surface area contributed by atoms with Gasteiger partial charge >= 0.3 is 18.1 Å². The molecule has 20 heteroatoms. The van der Waals surface area contributed by atoms with E-state index in [1.165, 1.54) is 52.2 Å². The number of carbonyl (C=O) groups excluding carboxylic acids is 4. The Bertz CT molecular complexity index is 3690. The molecular weight excluding hydrogens is 1280 g/mol. The lowest BCUT2D eigenvalue weighted by atomic mass is 9.77. The summed E-state index contributed by atoms with van der Waals surface area (Å²) in [6, 6.07) is 68.4. The first-order valence-electron chi connectivity index (χ1n) is 27.3. The largest absolute Gasteiger partial charge is 1.00 e. The fourth-order valence-corrected chi connectivity index (χ4v) is 13.4. The van der Waals surface area contributed by atoms with Crippen molar-refractivity contribution < 1.29 is 75.2 Å². The van der Waals surface area contributed by atoms with Crippen LogP contribution in [-0.4, -0.2) is 75.1 Å². The van der Waals surface area contributed by atoms with E-state index in [-0.39, 0.29) is 52.6 Å². The molecule has 0 unspecified atom stereocenters. The summed E-state index contributed by atoms with van der Waals surface area (Å²) in [5.74, 6) is -2.67. The number of esters is 2. The van der Waals surface area contributed by atoms with Gasteiger partial charge in [0.15, 0.2) is 35.4 Å². The summed E-state index contributed by atoms with van der Waals surface area (Å²) in [5.41, 5.74) is 4.73. The SMILES string of the molecule is O=C(CO/N=C(\C(=O)N[C@@H]1C(=O)N2C(C(=O)OC(c3ccccc3)c3ccccc3)=C(CSc3cc[n+](CC(F)(F)F)cc3)CS[C@H]12)c1csc(NC(c2ccccc2)(c2ccccc2)c2ccccc2)n1)OC(c1ccccc1)c1ccccc1.[I-]. The van der Waals surface area contributed by atoms with Crippen molar-refractivity contribution in [3.05, 3.63) is 298 Å². The Hall–Kier alpha value is -8.57. The predicted molar refractivity (Wildman–Crippen MR) is 325 cm³/mol. The van der Waals surface area contributed by atoms with Crippen molar-refractivity contribution in [2.45, 2.75) is 46.8 Å². The number of ether oxygens (including phenoxy) is 2. The van der Waals surface area contributed by atoms with Gasteiger partial charge in [0.2, 0.25) is 13.2 Å². The maximum absolute atomic E-state index is 15.0. The number of fused-ring (bicyclic) bond motifs is 1. The zero-order valence-corrected chi connectivity index (χ0v) is 50.7. The van der Waals surface area contributed by atoms with Gasteiger partial charge < -0.3 is 48.9 Å². The maximum Gasteiger partial charge on any atom is 0.448 e. The lowest BCUT2D eigenvalue weighted by Crippen LogP contribution is -3.00. The molecule has 0 spiro atoms. The lowest BCUT2D eigenvalue weighted by molar-refractivity contribution is -0.719. The minimum Gasteiger partial charge on any atom is -1.00 e. The first-order chi connectivity index (χ1) is 41.9. The molecule has 7 aromatic carbocycles. The number of hydrogen-bond acceptors (Lipinski definition) is 13. The predicted octanol–water partition coefficient (Wildman–Crippen LogP) is 9.23. The van der Waals surface area contributed by atoms with E-state index in [1.54, 1.807) is 17.5 Å². The highest BCUT2D eigenvalue weighted by molar-refractivity contribution is 8.01. The number of hydrogen-bond donors (Lipinski definition) is 2. The summed E-state index contributed by atoms with van der Waals surface area (Å²) >= 11 is 3.80. The molecule has 4 heterocycles. The molecule has 11 rings (SSSR count). The van der Waals surface area contributed by atoms with Gasteiger partial charge in [0.05, 0.1) is 0 Å². The third-order valence-electron chi connectivity index (χ3n) is 14.3. The van der Waals surface area contributed by atoms with Crippen LogP contribution >= 0.6 is 34.9 Å². The molecule has 0 radical (unpaired) electrons. The molecule has 9 aromatic rings. The van der Waals surface area contributed by atoms with E-state index in [4.69, 9.17) is 19.3 Å². The molecule has 87 heavy (non-hydrogen) atoms. The van der Waals surface area contributed by atoms with Crippen LogP contribution in [-0.2, 0) is 45.6 Å². The molecule has 1 fully saturated rings. The van der Waals surface area contributed by atoms with E-state index < -0.39 is 72.2 Å². The number of pyridine rings is 1. The maximum atomic E-state index is 15.0. The van der Waals surface area contributed by atoms with E-state index >= 15 is 4.79 Å². The molecule has 13 nitrogen and oxygen atoms in total. The van der Waals surface area contributed by atoms with Gasteiger partial charge in [-0.1, -0.05) is 217 Å². The summed E-state index contributed by atoms with van der Waals surface area (Å²) in [6.45, 7) is -1.87. The third-order valence-corrected chi connectivity index (χ3v) is 17.5. The Morgan fingerprint density at radius 1 is 0.667 bits per heavy atom. The number of halogens is 4. The first kappa shape index (κ1) is 61.5. The van der Waals surface area contributed by atoms with E-state index in [1.807, 2.05) is 212 Å².